The van der Waals surface area contributed by atoms with Crippen molar-refractivity contribution in [2.24, 2.45) is 0 Å². The van der Waals surface area contributed by atoms with Crippen LogP contribution >= 0.6 is 0 Å². The van der Waals surface area contributed by atoms with Crippen molar-refractivity contribution in [1.29, 1.82) is 0 Å². The van der Waals surface area contributed by atoms with Gasteiger partial charge in [-0.25, -0.2) is 0 Å². The molecule has 0 saturated carbocycles. The number of hydrogen-bond donors (Lipinski definition) is 2. The van der Waals surface area contributed by atoms with Crippen LogP contribution in [0.15, 0.2) is 48.5 Å². The average Bonchev–Trinajstić information content (AvgIpc) is 2.94. The maximum Gasteiger partial charge on any atom is 0.305 e. The normalized spacial score (nSPS) is 11.8. The van der Waals surface area contributed by atoms with Crippen molar-refractivity contribution in [1.82, 2.24) is 5.32 Å². The maximum absolute atomic E-state index is 13.2. The van der Waals surface area contributed by atoms with E-state index in [1.54, 1.807) is 4.90 Å². The minimum atomic E-state index is -0.891. The summed E-state index contributed by atoms with van der Waals surface area (Å²) in [5.74, 6) is 5.22. The van der Waals surface area contributed by atoms with Gasteiger partial charge in [-0.1, -0.05) is 42.2 Å². The molecule has 0 spiro atoms. The number of carbonyl (C=O) groups excluding carboxylic acids is 2. The van der Waals surface area contributed by atoms with Crippen LogP contribution in [0.5, 0.6) is 0 Å². The Morgan fingerprint density at radius 1 is 0.725 bits per heavy atom. The lowest BCUT2D eigenvalue weighted by Crippen LogP contribution is -2.35. The van der Waals surface area contributed by atoms with E-state index in [9.17, 15) is 14.4 Å². The fraction of sp³-hybridized carbons (Fsp3) is 0.433. The number of hydrogen-bond acceptors (Lipinski definition) is 7. The average molecular weight is 553 g/mol. The van der Waals surface area contributed by atoms with Crippen LogP contribution in [-0.2, 0) is 39.9 Å². The molecular formula is C30H36N2O8. The number of amides is 2. The van der Waals surface area contributed by atoms with E-state index < -0.39 is 5.97 Å². The first kappa shape index (κ1) is 30.8. The smallest absolute Gasteiger partial charge is 0.305 e. The molecule has 0 bridgehead atoms. The van der Waals surface area contributed by atoms with Crippen molar-refractivity contribution in [3.8, 4) is 11.8 Å². The second-order valence-electron chi connectivity index (χ2n) is 8.85. The zero-order valence-corrected chi connectivity index (χ0v) is 22.6. The minimum absolute atomic E-state index is 0.0230. The highest BCUT2D eigenvalue weighted by atomic mass is 16.6. The highest BCUT2D eigenvalue weighted by molar-refractivity contribution is 5.95. The summed E-state index contributed by atoms with van der Waals surface area (Å²) in [5, 5.41) is 11.3. The highest BCUT2D eigenvalue weighted by Crippen LogP contribution is 2.25. The van der Waals surface area contributed by atoms with Crippen molar-refractivity contribution in [2.75, 3.05) is 64.3 Å². The predicted octanol–water partition coefficient (Wildman–Crippen LogP) is 2.37. The Morgan fingerprint density at radius 3 is 1.95 bits per heavy atom. The largest absolute Gasteiger partial charge is 0.481 e. The molecule has 1 heterocycles. The van der Waals surface area contributed by atoms with Gasteiger partial charge in [0.25, 0.3) is 0 Å². The Hall–Kier alpha value is -3.75. The zero-order valence-electron chi connectivity index (χ0n) is 22.6. The molecule has 2 N–H and O–H groups in total. The summed E-state index contributed by atoms with van der Waals surface area (Å²) in [4.78, 5) is 37.4. The molecule has 2 aromatic carbocycles. The van der Waals surface area contributed by atoms with E-state index in [4.69, 9.17) is 24.1 Å². The first-order valence-electron chi connectivity index (χ1n) is 13.3. The molecule has 2 aromatic rings. The Balaban J connectivity index is 1.25. The fourth-order valence-corrected chi connectivity index (χ4v) is 3.83. The summed E-state index contributed by atoms with van der Waals surface area (Å²) in [6, 6.07) is 15.4. The molecule has 1 aliphatic rings. The lowest BCUT2D eigenvalue weighted by molar-refractivity contribution is -0.138. The van der Waals surface area contributed by atoms with Crippen LogP contribution in [0.1, 0.15) is 36.0 Å². The summed E-state index contributed by atoms with van der Waals surface area (Å²) in [5.41, 5.74) is 3.45. The third-order valence-corrected chi connectivity index (χ3v) is 5.88. The molecule has 0 unspecified atom stereocenters. The van der Waals surface area contributed by atoms with Crippen molar-refractivity contribution in [3.63, 3.8) is 0 Å². The number of anilines is 1. The first-order valence-corrected chi connectivity index (χ1v) is 13.3. The second kappa shape index (κ2) is 17.8. The van der Waals surface area contributed by atoms with Crippen LogP contribution in [0.2, 0.25) is 0 Å². The lowest BCUT2D eigenvalue weighted by Gasteiger charge is -2.26. The number of fused-ring (bicyclic) bond motifs is 2. The molecule has 40 heavy (non-hydrogen) atoms. The van der Waals surface area contributed by atoms with E-state index >= 15 is 0 Å². The molecule has 0 atom stereocenters. The van der Waals surface area contributed by atoms with Gasteiger partial charge in [-0.05, 0) is 23.8 Å². The quantitative estimate of drug-likeness (QED) is 0.213. The third kappa shape index (κ3) is 11.2. The molecule has 0 aliphatic carbocycles. The van der Waals surface area contributed by atoms with Crippen LogP contribution in [0.3, 0.4) is 0 Å². The molecule has 0 aromatic heterocycles. The third-order valence-electron chi connectivity index (χ3n) is 5.88. The lowest BCUT2D eigenvalue weighted by atomic mass is 10.0. The number of carbonyl (C=O) groups is 3. The van der Waals surface area contributed by atoms with Gasteiger partial charge in [0.1, 0.15) is 0 Å². The van der Waals surface area contributed by atoms with Gasteiger partial charge >= 0.3 is 5.97 Å². The highest BCUT2D eigenvalue weighted by Gasteiger charge is 2.21. The zero-order chi connectivity index (χ0) is 28.4. The summed E-state index contributed by atoms with van der Waals surface area (Å²) in [6.07, 6.45) is 0.334. The second-order valence-corrected chi connectivity index (χ2v) is 8.85. The van der Waals surface area contributed by atoms with E-state index in [1.807, 2.05) is 48.5 Å². The molecule has 0 saturated heterocycles. The van der Waals surface area contributed by atoms with Crippen molar-refractivity contribution < 1.29 is 38.4 Å². The molecule has 0 fully saturated rings. The molecule has 10 nitrogen and oxygen atoms in total. The van der Waals surface area contributed by atoms with Crippen LogP contribution in [-0.4, -0.2) is 82.3 Å². The molecule has 1 aliphatic heterocycles. The Labute approximate surface area is 234 Å². The SMILES string of the molecule is O=C(O)CCOCCOCCOCCOCCC(=O)NCCC(=O)N1Cc2ccccc2C#Cc2ccccc21. The van der Waals surface area contributed by atoms with Gasteiger partial charge in [-0.3, -0.25) is 14.4 Å². The van der Waals surface area contributed by atoms with Crippen molar-refractivity contribution in [2.45, 2.75) is 25.8 Å². The molecule has 3 rings (SSSR count). The van der Waals surface area contributed by atoms with E-state index in [2.05, 4.69) is 17.2 Å². The standard InChI is InChI=1S/C30H36N2O8/c33-28(12-15-37-17-19-39-21-22-40-20-18-38-16-13-30(35)36)31-14-11-29(34)32-23-26-7-2-1-5-24(26)9-10-25-6-3-4-8-27(25)32/h1-8H,11-23H2,(H,31,33)(H,35,36). The number of nitrogens with one attached hydrogen (secondary N) is 1. The molecule has 214 valence electrons. The number of ether oxygens (including phenoxy) is 4. The number of aliphatic carboxylic acids is 1. The van der Waals surface area contributed by atoms with Gasteiger partial charge in [-0.2, -0.15) is 0 Å². The number of carboxylic acid groups (broad SMARTS) is 1. The number of carboxylic acids is 1. The summed E-state index contributed by atoms with van der Waals surface area (Å²) >= 11 is 0. The Morgan fingerprint density at radius 2 is 1.27 bits per heavy atom. The maximum atomic E-state index is 13.2. The number of para-hydroxylation sites is 1. The summed E-state index contributed by atoms with van der Waals surface area (Å²) in [6.45, 7) is 3.29. The number of benzene rings is 2. The Kier molecular flexibility index (Phi) is 13.7. The van der Waals surface area contributed by atoms with Crippen LogP contribution in [0.4, 0.5) is 5.69 Å². The predicted molar refractivity (Wildman–Crippen MR) is 148 cm³/mol. The van der Waals surface area contributed by atoms with Gasteiger partial charge in [0.2, 0.25) is 11.8 Å². The van der Waals surface area contributed by atoms with Gasteiger partial charge < -0.3 is 34.3 Å². The Bertz CT molecular complexity index is 1170. The van der Waals surface area contributed by atoms with Crippen LogP contribution < -0.4 is 10.2 Å². The van der Waals surface area contributed by atoms with Crippen LogP contribution in [0, 0.1) is 11.8 Å². The van der Waals surface area contributed by atoms with Crippen molar-refractivity contribution in [3.05, 3.63) is 65.2 Å². The van der Waals surface area contributed by atoms with E-state index in [0.29, 0.717) is 46.2 Å². The van der Waals surface area contributed by atoms with Gasteiger partial charge in [0.05, 0.1) is 71.5 Å². The van der Waals surface area contributed by atoms with Gasteiger partial charge in [0.15, 0.2) is 0 Å². The number of nitrogens with zero attached hydrogens (tertiary/aromatic N) is 1. The topological polar surface area (TPSA) is 124 Å². The van der Waals surface area contributed by atoms with E-state index in [1.165, 1.54) is 0 Å². The summed E-state index contributed by atoms with van der Waals surface area (Å²) in [7, 11) is 0. The minimum Gasteiger partial charge on any atom is -0.481 e. The fourth-order valence-electron chi connectivity index (χ4n) is 3.83. The van der Waals surface area contributed by atoms with E-state index in [-0.39, 0.29) is 50.8 Å². The molecule has 0 radical (unpaired) electrons. The number of rotatable bonds is 18. The van der Waals surface area contributed by atoms with Gasteiger partial charge in [-0.15, -0.1) is 0 Å². The van der Waals surface area contributed by atoms with Crippen molar-refractivity contribution >= 4 is 23.5 Å². The molecule has 2 amide bonds. The van der Waals surface area contributed by atoms with Gasteiger partial charge in [0, 0.05) is 30.5 Å². The molecule has 10 heteroatoms. The first-order chi connectivity index (χ1) is 19.5. The summed E-state index contributed by atoms with van der Waals surface area (Å²) < 4.78 is 21.3. The molecular weight excluding hydrogens is 516 g/mol. The monoisotopic (exact) mass is 552 g/mol. The van der Waals surface area contributed by atoms with E-state index in [0.717, 1.165) is 22.4 Å². The van der Waals surface area contributed by atoms with Crippen LogP contribution in [0.25, 0.3) is 0 Å².